The number of alkyl halides is 3. The van der Waals surface area contributed by atoms with Gasteiger partial charge in [-0.25, -0.2) is 4.68 Å². The van der Waals surface area contributed by atoms with Crippen LogP contribution < -0.4 is 5.32 Å². The molecule has 114 valence electrons. The van der Waals surface area contributed by atoms with Gasteiger partial charge in [0, 0.05) is 11.0 Å². The second-order valence-electron chi connectivity index (χ2n) is 4.53. The highest BCUT2D eigenvalue weighted by Gasteiger charge is 2.31. The molecule has 0 atom stereocenters. The summed E-state index contributed by atoms with van der Waals surface area (Å²) in [6, 6.07) is 3.64. The summed E-state index contributed by atoms with van der Waals surface area (Å²) in [6.45, 7) is 3.43. The monoisotopic (exact) mass is 362 g/mol. The van der Waals surface area contributed by atoms with Crippen molar-refractivity contribution in [1.29, 1.82) is 0 Å². The normalized spacial score (nSPS) is 11.9. The number of rotatable bonds is 5. The van der Waals surface area contributed by atoms with Gasteiger partial charge in [0.1, 0.15) is 0 Å². The van der Waals surface area contributed by atoms with Gasteiger partial charge in [0.15, 0.2) is 0 Å². The first-order valence-corrected chi connectivity index (χ1v) is 7.19. The summed E-state index contributed by atoms with van der Waals surface area (Å²) >= 11 is 3.09. The molecule has 2 aromatic rings. The van der Waals surface area contributed by atoms with Crippen LogP contribution in [0.4, 0.5) is 13.2 Å². The lowest BCUT2D eigenvalue weighted by molar-refractivity contribution is -0.137. The molecule has 0 radical (unpaired) electrons. The van der Waals surface area contributed by atoms with Gasteiger partial charge in [-0.3, -0.25) is 0 Å². The van der Waals surface area contributed by atoms with Crippen molar-refractivity contribution in [2.75, 3.05) is 6.54 Å². The Hall–Kier alpha value is -1.41. The fraction of sp³-hybridized carbons (Fsp3) is 0.385. The molecule has 0 bridgehead atoms. The zero-order chi connectivity index (χ0) is 15.5. The molecule has 0 saturated carbocycles. The van der Waals surface area contributed by atoms with E-state index in [1.807, 2.05) is 6.92 Å². The average Bonchev–Trinajstić information content (AvgIpc) is 2.86. The lowest BCUT2D eigenvalue weighted by Gasteiger charge is -2.09. The number of halogens is 4. The van der Waals surface area contributed by atoms with E-state index in [2.05, 4.69) is 31.6 Å². The standard InChI is InChI=1S/C13H14BrF3N4/c1-2-3-18-7-11-8-21(20-19-11)12-5-9(13(15,16)17)4-10(14)6-12/h4-6,8,18H,2-3,7H2,1H3. The predicted octanol–water partition coefficient (Wildman–Crippen LogP) is 3.55. The lowest BCUT2D eigenvalue weighted by atomic mass is 10.2. The SMILES string of the molecule is CCCNCc1cn(-c2cc(Br)cc(C(F)(F)F)c2)nn1. The molecular formula is C13H14BrF3N4. The molecule has 0 amide bonds. The number of benzene rings is 1. The van der Waals surface area contributed by atoms with E-state index in [9.17, 15) is 13.2 Å². The van der Waals surface area contributed by atoms with E-state index < -0.39 is 11.7 Å². The van der Waals surface area contributed by atoms with Crippen LogP contribution in [0.25, 0.3) is 5.69 Å². The molecule has 0 saturated heterocycles. The number of nitrogens with one attached hydrogen (secondary N) is 1. The lowest BCUT2D eigenvalue weighted by Crippen LogP contribution is -2.13. The van der Waals surface area contributed by atoms with Gasteiger partial charge in [-0.1, -0.05) is 28.1 Å². The van der Waals surface area contributed by atoms with Gasteiger partial charge in [0.25, 0.3) is 0 Å². The third kappa shape index (κ3) is 4.28. The largest absolute Gasteiger partial charge is 0.416 e. The van der Waals surface area contributed by atoms with E-state index in [1.165, 1.54) is 4.68 Å². The van der Waals surface area contributed by atoms with Gasteiger partial charge in [-0.2, -0.15) is 13.2 Å². The summed E-state index contributed by atoms with van der Waals surface area (Å²) in [7, 11) is 0. The van der Waals surface area contributed by atoms with Crippen LogP contribution in [0.3, 0.4) is 0 Å². The molecule has 4 nitrogen and oxygen atoms in total. The van der Waals surface area contributed by atoms with Crippen LogP contribution in [0, 0.1) is 0 Å². The van der Waals surface area contributed by atoms with E-state index >= 15 is 0 Å². The highest BCUT2D eigenvalue weighted by atomic mass is 79.9. The molecule has 8 heteroatoms. The summed E-state index contributed by atoms with van der Waals surface area (Å²) in [5.41, 5.74) is 0.260. The molecule has 0 aliphatic carbocycles. The fourth-order valence-corrected chi connectivity index (χ4v) is 2.25. The van der Waals surface area contributed by atoms with Gasteiger partial charge >= 0.3 is 6.18 Å². The Labute approximate surface area is 128 Å². The Morgan fingerprint density at radius 3 is 2.71 bits per heavy atom. The molecule has 0 unspecified atom stereocenters. The second-order valence-corrected chi connectivity index (χ2v) is 5.44. The number of hydrogen-bond acceptors (Lipinski definition) is 3. The number of nitrogens with zero attached hydrogens (tertiary/aromatic N) is 3. The van der Waals surface area contributed by atoms with Crippen LogP contribution in [0.15, 0.2) is 28.9 Å². The Kier molecular flexibility index (Phi) is 5.00. The molecular weight excluding hydrogens is 349 g/mol. The summed E-state index contributed by atoms with van der Waals surface area (Å²) in [4.78, 5) is 0. The minimum Gasteiger partial charge on any atom is -0.311 e. The Bertz CT molecular complexity index is 610. The highest BCUT2D eigenvalue weighted by Crippen LogP contribution is 2.32. The maximum absolute atomic E-state index is 12.8. The average molecular weight is 363 g/mol. The maximum atomic E-state index is 12.8. The summed E-state index contributed by atoms with van der Waals surface area (Å²) in [5.74, 6) is 0. The first kappa shape index (κ1) is 16.0. The van der Waals surface area contributed by atoms with E-state index in [0.717, 1.165) is 25.1 Å². The maximum Gasteiger partial charge on any atom is 0.416 e. The zero-order valence-electron chi connectivity index (χ0n) is 11.3. The summed E-state index contributed by atoms with van der Waals surface area (Å²) in [5, 5.41) is 11.0. The number of hydrogen-bond donors (Lipinski definition) is 1. The molecule has 1 aromatic heterocycles. The van der Waals surface area contributed by atoms with E-state index in [-0.39, 0.29) is 0 Å². The highest BCUT2D eigenvalue weighted by molar-refractivity contribution is 9.10. The Morgan fingerprint density at radius 2 is 2.05 bits per heavy atom. The molecule has 0 aliphatic heterocycles. The quantitative estimate of drug-likeness (QED) is 0.827. The number of aromatic nitrogens is 3. The molecule has 2 rings (SSSR count). The summed E-state index contributed by atoms with van der Waals surface area (Å²) in [6.07, 6.45) is -1.79. The van der Waals surface area contributed by atoms with Crippen molar-refractivity contribution in [3.05, 3.63) is 40.1 Å². The predicted molar refractivity (Wildman–Crippen MR) is 76.1 cm³/mol. The topological polar surface area (TPSA) is 42.7 Å². The Morgan fingerprint density at radius 1 is 1.29 bits per heavy atom. The molecule has 21 heavy (non-hydrogen) atoms. The van der Waals surface area contributed by atoms with E-state index in [1.54, 1.807) is 12.3 Å². The van der Waals surface area contributed by atoms with Crippen LogP contribution >= 0.6 is 15.9 Å². The van der Waals surface area contributed by atoms with Gasteiger partial charge in [-0.05, 0) is 31.2 Å². The van der Waals surface area contributed by atoms with E-state index in [0.29, 0.717) is 22.4 Å². The summed E-state index contributed by atoms with van der Waals surface area (Å²) < 4.78 is 40.1. The smallest absolute Gasteiger partial charge is 0.311 e. The van der Waals surface area contributed by atoms with Crippen molar-refractivity contribution in [2.24, 2.45) is 0 Å². The van der Waals surface area contributed by atoms with Gasteiger partial charge < -0.3 is 5.32 Å². The van der Waals surface area contributed by atoms with E-state index in [4.69, 9.17) is 0 Å². The molecule has 1 N–H and O–H groups in total. The minimum absolute atomic E-state index is 0.311. The van der Waals surface area contributed by atoms with Crippen molar-refractivity contribution in [1.82, 2.24) is 20.3 Å². The third-order valence-corrected chi connectivity index (χ3v) is 3.21. The van der Waals surface area contributed by atoms with Gasteiger partial charge in [0.2, 0.25) is 0 Å². The van der Waals surface area contributed by atoms with Crippen molar-refractivity contribution in [2.45, 2.75) is 26.1 Å². The van der Waals surface area contributed by atoms with Crippen molar-refractivity contribution >= 4 is 15.9 Å². The van der Waals surface area contributed by atoms with Crippen molar-refractivity contribution in [3.63, 3.8) is 0 Å². The first-order valence-electron chi connectivity index (χ1n) is 6.40. The molecule has 0 aliphatic rings. The van der Waals surface area contributed by atoms with Gasteiger partial charge in [-0.15, -0.1) is 5.10 Å². The zero-order valence-corrected chi connectivity index (χ0v) is 12.9. The van der Waals surface area contributed by atoms with Crippen molar-refractivity contribution < 1.29 is 13.2 Å². The molecule has 1 heterocycles. The minimum atomic E-state index is -4.40. The Balaban J connectivity index is 2.24. The molecule has 0 spiro atoms. The third-order valence-electron chi connectivity index (χ3n) is 2.75. The molecule has 0 fully saturated rings. The van der Waals surface area contributed by atoms with Crippen LogP contribution in [0.1, 0.15) is 24.6 Å². The second kappa shape index (κ2) is 6.57. The van der Waals surface area contributed by atoms with Crippen LogP contribution in [0.5, 0.6) is 0 Å². The fourth-order valence-electron chi connectivity index (χ4n) is 1.77. The van der Waals surface area contributed by atoms with Crippen LogP contribution in [-0.2, 0) is 12.7 Å². The van der Waals surface area contributed by atoms with Crippen LogP contribution in [0.2, 0.25) is 0 Å². The van der Waals surface area contributed by atoms with Crippen LogP contribution in [-0.4, -0.2) is 21.5 Å². The molecule has 1 aromatic carbocycles. The van der Waals surface area contributed by atoms with Gasteiger partial charge in [0.05, 0.1) is 23.1 Å². The first-order chi connectivity index (χ1) is 9.90. The van der Waals surface area contributed by atoms with Crippen molar-refractivity contribution in [3.8, 4) is 5.69 Å².